The van der Waals surface area contributed by atoms with Gasteiger partial charge >= 0.3 is 5.97 Å². The second-order valence-corrected chi connectivity index (χ2v) is 7.06. The minimum Gasteiger partial charge on any atom is -0.420 e. The summed E-state index contributed by atoms with van der Waals surface area (Å²) in [5.74, 6) is 1.07. The van der Waals surface area contributed by atoms with E-state index >= 15 is 0 Å². The molecule has 0 unspecified atom stereocenters. The molecule has 0 aliphatic carbocycles. The molecular formula is C19H19N3O2S. The number of piperidine rings is 1. The van der Waals surface area contributed by atoms with Gasteiger partial charge in [0.2, 0.25) is 0 Å². The number of fused-ring (bicyclic) bond motifs is 1. The van der Waals surface area contributed by atoms with Crippen molar-refractivity contribution in [2.24, 2.45) is 0 Å². The number of aryl methyl sites for hydroxylation is 1. The van der Waals surface area contributed by atoms with E-state index in [2.05, 4.69) is 9.88 Å². The zero-order valence-corrected chi connectivity index (χ0v) is 14.9. The molecule has 25 heavy (non-hydrogen) atoms. The van der Waals surface area contributed by atoms with Gasteiger partial charge in [-0.25, -0.2) is 14.8 Å². The van der Waals surface area contributed by atoms with Gasteiger partial charge < -0.3 is 9.64 Å². The standard InChI is InChI=1S/C19H19N3O2S/c1-13-18(25-12-20-13)19(23)24-15-7-5-6-14-8-9-16(21-17(14)15)22-10-3-2-4-11-22/h5-9,12H,2-4,10-11H2,1H3. The van der Waals surface area contributed by atoms with Crippen molar-refractivity contribution < 1.29 is 9.53 Å². The highest BCUT2D eigenvalue weighted by Gasteiger charge is 2.17. The number of nitrogens with zero attached hydrogens (tertiary/aromatic N) is 3. The van der Waals surface area contributed by atoms with E-state index in [9.17, 15) is 4.79 Å². The minimum atomic E-state index is -0.377. The molecule has 128 valence electrons. The molecule has 1 aliphatic rings. The van der Waals surface area contributed by atoms with E-state index in [1.807, 2.05) is 31.2 Å². The van der Waals surface area contributed by atoms with E-state index in [1.54, 1.807) is 11.6 Å². The number of esters is 1. The smallest absolute Gasteiger partial charge is 0.355 e. The van der Waals surface area contributed by atoms with Crippen molar-refractivity contribution >= 4 is 34.0 Å². The first-order chi connectivity index (χ1) is 12.2. The summed E-state index contributed by atoms with van der Waals surface area (Å²) in [4.78, 5) is 24.2. The van der Waals surface area contributed by atoms with Crippen molar-refractivity contribution in [3.63, 3.8) is 0 Å². The highest BCUT2D eigenvalue weighted by Crippen LogP contribution is 2.28. The lowest BCUT2D eigenvalue weighted by atomic mass is 10.1. The first-order valence-electron chi connectivity index (χ1n) is 8.49. The Labute approximate surface area is 150 Å². The molecule has 0 amide bonds. The second kappa shape index (κ2) is 6.80. The number of aromatic nitrogens is 2. The number of anilines is 1. The van der Waals surface area contributed by atoms with Gasteiger partial charge in [-0.05, 0) is 44.4 Å². The molecule has 3 aromatic rings. The molecule has 0 N–H and O–H groups in total. The third kappa shape index (κ3) is 3.22. The van der Waals surface area contributed by atoms with Crippen LogP contribution < -0.4 is 9.64 Å². The van der Waals surface area contributed by atoms with Gasteiger partial charge in [0.05, 0.1) is 11.2 Å². The summed E-state index contributed by atoms with van der Waals surface area (Å²) in [7, 11) is 0. The number of benzene rings is 1. The molecule has 0 atom stereocenters. The summed E-state index contributed by atoms with van der Waals surface area (Å²) < 4.78 is 5.65. The predicted octanol–water partition coefficient (Wildman–Crippen LogP) is 4.21. The van der Waals surface area contributed by atoms with Gasteiger partial charge in [-0.15, -0.1) is 11.3 Å². The van der Waals surface area contributed by atoms with Crippen molar-refractivity contribution in [1.29, 1.82) is 0 Å². The van der Waals surface area contributed by atoms with Crippen LogP contribution in [0.3, 0.4) is 0 Å². The lowest BCUT2D eigenvalue weighted by Crippen LogP contribution is -2.30. The Morgan fingerprint density at radius 3 is 2.76 bits per heavy atom. The molecule has 0 bridgehead atoms. The molecule has 0 spiro atoms. The van der Waals surface area contributed by atoms with E-state index in [1.165, 1.54) is 30.6 Å². The zero-order chi connectivity index (χ0) is 17.2. The Morgan fingerprint density at radius 1 is 1.16 bits per heavy atom. The summed E-state index contributed by atoms with van der Waals surface area (Å²) in [6.45, 7) is 3.87. The molecule has 1 saturated heterocycles. The molecule has 1 aromatic carbocycles. The number of hydrogen-bond acceptors (Lipinski definition) is 6. The Balaban J connectivity index is 1.68. The fourth-order valence-electron chi connectivity index (χ4n) is 3.14. The first-order valence-corrected chi connectivity index (χ1v) is 9.37. The molecular weight excluding hydrogens is 334 g/mol. The molecule has 0 saturated carbocycles. The topological polar surface area (TPSA) is 55.3 Å². The van der Waals surface area contributed by atoms with Gasteiger partial charge in [0.25, 0.3) is 0 Å². The number of carbonyl (C=O) groups is 1. The summed E-state index contributed by atoms with van der Waals surface area (Å²) in [6, 6.07) is 9.75. The van der Waals surface area contributed by atoms with Crippen LogP contribution in [-0.4, -0.2) is 29.0 Å². The average molecular weight is 353 g/mol. The van der Waals surface area contributed by atoms with Crippen molar-refractivity contribution in [1.82, 2.24) is 9.97 Å². The predicted molar refractivity (Wildman–Crippen MR) is 99.6 cm³/mol. The van der Waals surface area contributed by atoms with Crippen LogP contribution in [0.25, 0.3) is 10.9 Å². The number of rotatable bonds is 3. The Hall–Kier alpha value is -2.47. The quantitative estimate of drug-likeness (QED) is 0.521. The highest BCUT2D eigenvalue weighted by molar-refractivity contribution is 7.11. The lowest BCUT2D eigenvalue weighted by Gasteiger charge is -2.27. The largest absolute Gasteiger partial charge is 0.420 e. The van der Waals surface area contributed by atoms with Gasteiger partial charge in [-0.1, -0.05) is 12.1 Å². The summed E-state index contributed by atoms with van der Waals surface area (Å²) in [5, 5.41) is 0.965. The number of ether oxygens (including phenoxy) is 1. The second-order valence-electron chi connectivity index (χ2n) is 6.20. The average Bonchev–Trinajstić information content (AvgIpc) is 3.08. The summed E-state index contributed by atoms with van der Waals surface area (Å²) >= 11 is 1.29. The Bertz CT molecular complexity index is 916. The van der Waals surface area contributed by atoms with Crippen LogP contribution in [0, 0.1) is 6.92 Å². The Kier molecular flexibility index (Phi) is 4.36. The fourth-order valence-corrected chi connectivity index (χ4v) is 3.81. The monoisotopic (exact) mass is 353 g/mol. The van der Waals surface area contributed by atoms with E-state index in [0.29, 0.717) is 16.3 Å². The van der Waals surface area contributed by atoms with Gasteiger partial charge in [-0.3, -0.25) is 0 Å². The third-order valence-electron chi connectivity index (χ3n) is 4.48. The molecule has 4 rings (SSSR count). The highest BCUT2D eigenvalue weighted by atomic mass is 32.1. The summed E-state index contributed by atoms with van der Waals surface area (Å²) in [6.07, 6.45) is 3.67. The molecule has 1 aliphatic heterocycles. The molecule has 5 nitrogen and oxygen atoms in total. The lowest BCUT2D eigenvalue weighted by molar-refractivity contribution is 0.0741. The van der Waals surface area contributed by atoms with E-state index in [4.69, 9.17) is 9.72 Å². The van der Waals surface area contributed by atoms with Crippen LogP contribution in [0.1, 0.15) is 34.6 Å². The van der Waals surface area contributed by atoms with Crippen LogP contribution in [0.5, 0.6) is 5.75 Å². The number of hydrogen-bond donors (Lipinski definition) is 0. The van der Waals surface area contributed by atoms with E-state index < -0.39 is 0 Å². The van der Waals surface area contributed by atoms with Crippen LogP contribution in [-0.2, 0) is 0 Å². The fraction of sp³-hybridized carbons (Fsp3) is 0.316. The van der Waals surface area contributed by atoms with Gasteiger partial charge in [0, 0.05) is 18.5 Å². The minimum absolute atomic E-state index is 0.377. The van der Waals surface area contributed by atoms with E-state index in [0.717, 1.165) is 29.8 Å². The van der Waals surface area contributed by atoms with Crippen molar-refractivity contribution in [3.8, 4) is 5.75 Å². The number of pyridine rings is 1. The normalized spacial score (nSPS) is 14.7. The number of thiazole rings is 1. The number of para-hydroxylation sites is 1. The molecule has 6 heteroatoms. The van der Waals surface area contributed by atoms with Crippen LogP contribution in [0.15, 0.2) is 35.8 Å². The number of carbonyl (C=O) groups excluding carboxylic acids is 1. The van der Waals surface area contributed by atoms with Crippen molar-refractivity contribution in [2.75, 3.05) is 18.0 Å². The van der Waals surface area contributed by atoms with Crippen molar-refractivity contribution in [3.05, 3.63) is 46.4 Å². The molecule has 0 radical (unpaired) electrons. The first kappa shape index (κ1) is 16.0. The van der Waals surface area contributed by atoms with Gasteiger partial charge in [-0.2, -0.15) is 0 Å². The SMILES string of the molecule is Cc1ncsc1C(=O)Oc1cccc2ccc(N3CCCCC3)nc12. The van der Waals surface area contributed by atoms with Crippen LogP contribution in [0.2, 0.25) is 0 Å². The summed E-state index contributed by atoms with van der Waals surface area (Å²) in [5.41, 5.74) is 3.07. The Morgan fingerprint density at radius 2 is 2.00 bits per heavy atom. The van der Waals surface area contributed by atoms with Gasteiger partial charge in [0.1, 0.15) is 16.2 Å². The maximum atomic E-state index is 12.4. The molecule has 2 aromatic heterocycles. The van der Waals surface area contributed by atoms with E-state index in [-0.39, 0.29) is 5.97 Å². The third-order valence-corrected chi connectivity index (χ3v) is 5.39. The van der Waals surface area contributed by atoms with Gasteiger partial charge in [0.15, 0.2) is 5.75 Å². The zero-order valence-electron chi connectivity index (χ0n) is 14.1. The van der Waals surface area contributed by atoms with Crippen molar-refractivity contribution in [2.45, 2.75) is 26.2 Å². The molecule has 3 heterocycles. The maximum absolute atomic E-state index is 12.4. The maximum Gasteiger partial charge on any atom is 0.355 e. The van der Waals surface area contributed by atoms with Crippen LogP contribution >= 0.6 is 11.3 Å². The molecule has 1 fully saturated rings. The van der Waals surface area contributed by atoms with Crippen LogP contribution in [0.4, 0.5) is 5.82 Å².